The van der Waals surface area contributed by atoms with Gasteiger partial charge < -0.3 is 14.2 Å². The second-order valence-electron chi connectivity index (χ2n) is 7.19. The average molecular weight is 402 g/mol. The Labute approximate surface area is 167 Å². The van der Waals surface area contributed by atoms with Gasteiger partial charge in [0.2, 0.25) is 0 Å². The molecule has 1 aromatic heterocycles. The van der Waals surface area contributed by atoms with Crippen LogP contribution in [0.4, 0.5) is 0 Å². The fourth-order valence-corrected chi connectivity index (χ4v) is 5.48. The molecule has 28 heavy (non-hydrogen) atoms. The molecule has 3 aliphatic heterocycles. The summed E-state index contributed by atoms with van der Waals surface area (Å²) >= 11 is 1.49. The third kappa shape index (κ3) is 3.02. The number of benzene rings is 1. The molecule has 9 heteroatoms. The standard InChI is InChI=1S/C19H22N4O4S/c1-25-14-4-2-13(3-5-14)15(16-17(24)23-18(28-16)20-12-21-23)22-8-6-19(7-9-22)26-10-11-27-19/h2-5,12,15-16H,6-11H2,1H3. The van der Waals surface area contributed by atoms with Crippen molar-refractivity contribution in [1.82, 2.24) is 19.7 Å². The zero-order valence-corrected chi connectivity index (χ0v) is 16.4. The van der Waals surface area contributed by atoms with Crippen LogP contribution < -0.4 is 4.74 Å². The molecule has 0 N–H and O–H groups in total. The number of carbonyl (C=O) groups is 1. The summed E-state index contributed by atoms with van der Waals surface area (Å²) in [6.07, 6.45) is 3.03. The molecule has 4 heterocycles. The van der Waals surface area contributed by atoms with Crippen LogP contribution in [-0.2, 0) is 9.47 Å². The van der Waals surface area contributed by atoms with E-state index < -0.39 is 5.79 Å². The average Bonchev–Trinajstić information content (AvgIpc) is 3.44. The van der Waals surface area contributed by atoms with Crippen molar-refractivity contribution in [3.63, 3.8) is 0 Å². The van der Waals surface area contributed by atoms with E-state index in [2.05, 4.69) is 15.0 Å². The van der Waals surface area contributed by atoms with Gasteiger partial charge in [0.05, 0.1) is 26.4 Å². The van der Waals surface area contributed by atoms with Gasteiger partial charge in [0, 0.05) is 25.9 Å². The highest BCUT2D eigenvalue weighted by Gasteiger charge is 2.46. The van der Waals surface area contributed by atoms with Gasteiger partial charge in [-0.2, -0.15) is 9.78 Å². The Kier molecular flexibility index (Phi) is 4.62. The molecule has 3 aliphatic rings. The minimum atomic E-state index is -0.442. The van der Waals surface area contributed by atoms with Crippen molar-refractivity contribution in [1.29, 1.82) is 0 Å². The molecule has 0 amide bonds. The maximum atomic E-state index is 13.0. The number of rotatable bonds is 4. The number of carbonyl (C=O) groups excluding carboxylic acids is 1. The first-order valence-corrected chi connectivity index (χ1v) is 10.3. The normalized spacial score (nSPS) is 25.2. The summed E-state index contributed by atoms with van der Waals surface area (Å²) in [5.41, 5.74) is 1.08. The zero-order valence-electron chi connectivity index (χ0n) is 15.6. The van der Waals surface area contributed by atoms with Gasteiger partial charge in [-0.15, -0.1) is 0 Å². The lowest BCUT2D eigenvalue weighted by atomic mass is 9.95. The van der Waals surface area contributed by atoms with Gasteiger partial charge in [-0.25, -0.2) is 4.98 Å². The summed E-state index contributed by atoms with van der Waals surface area (Å²) in [7, 11) is 1.65. The summed E-state index contributed by atoms with van der Waals surface area (Å²) < 4.78 is 18.5. The number of hydrogen-bond acceptors (Lipinski definition) is 8. The van der Waals surface area contributed by atoms with E-state index in [0.29, 0.717) is 18.4 Å². The van der Waals surface area contributed by atoms with E-state index in [0.717, 1.165) is 37.2 Å². The van der Waals surface area contributed by atoms with E-state index in [1.807, 2.05) is 24.3 Å². The highest BCUT2D eigenvalue weighted by atomic mass is 32.2. The van der Waals surface area contributed by atoms with Gasteiger partial charge in [0.15, 0.2) is 10.9 Å². The van der Waals surface area contributed by atoms with E-state index in [-0.39, 0.29) is 17.2 Å². The summed E-state index contributed by atoms with van der Waals surface area (Å²) in [6, 6.07) is 7.89. The Morgan fingerprint density at radius 2 is 1.93 bits per heavy atom. The van der Waals surface area contributed by atoms with Gasteiger partial charge in [-0.3, -0.25) is 9.69 Å². The third-order valence-electron chi connectivity index (χ3n) is 5.71. The van der Waals surface area contributed by atoms with Crippen LogP contribution in [0.3, 0.4) is 0 Å². The van der Waals surface area contributed by atoms with Gasteiger partial charge in [0.25, 0.3) is 5.91 Å². The lowest BCUT2D eigenvalue weighted by Crippen LogP contribution is -2.49. The molecule has 1 spiro atoms. The molecule has 0 aliphatic carbocycles. The predicted octanol–water partition coefficient (Wildman–Crippen LogP) is 1.98. The van der Waals surface area contributed by atoms with Crippen LogP contribution in [0, 0.1) is 0 Å². The minimum Gasteiger partial charge on any atom is -0.497 e. The molecule has 2 atom stereocenters. The van der Waals surface area contributed by atoms with E-state index in [4.69, 9.17) is 14.2 Å². The van der Waals surface area contributed by atoms with Crippen LogP contribution in [0.25, 0.3) is 0 Å². The molecule has 0 saturated carbocycles. The quantitative estimate of drug-likeness (QED) is 0.768. The van der Waals surface area contributed by atoms with Crippen LogP contribution >= 0.6 is 11.8 Å². The number of ether oxygens (including phenoxy) is 3. The largest absolute Gasteiger partial charge is 0.497 e. The molecule has 1 aromatic carbocycles. The smallest absolute Gasteiger partial charge is 0.264 e. The summed E-state index contributed by atoms with van der Waals surface area (Å²) in [4.78, 5) is 19.6. The van der Waals surface area contributed by atoms with E-state index in [9.17, 15) is 4.79 Å². The molecule has 2 aromatic rings. The number of aromatic nitrogens is 3. The first-order chi connectivity index (χ1) is 13.7. The molecule has 2 saturated heterocycles. The van der Waals surface area contributed by atoms with Crippen molar-refractivity contribution in [3.8, 4) is 5.75 Å². The van der Waals surface area contributed by atoms with Crippen molar-refractivity contribution >= 4 is 17.7 Å². The second-order valence-corrected chi connectivity index (χ2v) is 8.30. The SMILES string of the molecule is COc1ccc(C(C2Sc3ncnn3C2=O)N2CCC3(CC2)OCCO3)cc1. The van der Waals surface area contributed by atoms with Crippen molar-refractivity contribution in [2.75, 3.05) is 33.4 Å². The third-order valence-corrected chi connectivity index (χ3v) is 6.91. The van der Waals surface area contributed by atoms with Gasteiger partial charge >= 0.3 is 0 Å². The van der Waals surface area contributed by atoms with Crippen molar-refractivity contribution < 1.29 is 19.0 Å². The molecule has 2 unspecified atom stereocenters. The van der Waals surface area contributed by atoms with E-state index in [1.54, 1.807) is 7.11 Å². The number of fused-ring (bicyclic) bond motifs is 1. The van der Waals surface area contributed by atoms with Gasteiger partial charge in [0.1, 0.15) is 17.3 Å². The molecule has 0 bridgehead atoms. The first-order valence-electron chi connectivity index (χ1n) is 9.46. The number of hydrogen-bond donors (Lipinski definition) is 0. The molecular weight excluding hydrogens is 380 g/mol. The molecule has 148 valence electrons. The lowest BCUT2D eigenvalue weighted by molar-refractivity contribution is -0.187. The Morgan fingerprint density at radius 1 is 1.21 bits per heavy atom. The Morgan fingerprint density at radius 3 is 2.57 bits per heavy atom. The van der Waals surface area contributed by atoms with Crippen LogP contribution in [-0.4, -0.2) is 70.0 Å². The molecule has 0 radical (unpaired) electrons. The van der Waals surface area contributed by atoms with E-state index >= 15 is 0 Å². The first kappa shape index (κ1) is 18.1. The van der Waals surface area contributed by atoms with Crippen molar-refractivity contribution in [2.45, 2.75) is 35.1 Å². The van der Waals surface area contributed by atoms with Gasteiger partial charge in [-0.1, -0.05) is 23.9 Å². The summed E-state index contributed by atoms with van der Waals surface area (Å²) in [5.74, 6) is 0.335. The zero-order chi connectivity index (χ0) is 19.1. The fraction of sp³-hybridized carbons (Fsp3) is 0.526. The Balaban J connectivity index is 1.43. The highest BCUT2D eigenvalue weighted by molar-refractivity contribution is 8.00. The van der Waals surface area contributed by atoms with Crippen molar-refractivity contribution in [2.24, 2.45) is 0 Å². The topological polar surface area (TPSA) is 78.7 Å². The van der Waals surface area contributed by atoms with Crippen LogP contribution in [0.5, 0.6) is 5.75 Å². The molecule has 5 rings (SSSR count). The number of methoxy groups -OCH3 is 1. The van der Waals surface area contributed by atoms with Crippen LogP contribution in [0.15, 0.2) is 35.7 Å². The summed E-state index contributed by atoms with van der Waals surface area (Å²) in [5, 5.41) is 4.46. The van der Waals surface area contributed by atoms with E-state index in [1.165, 1.54) is 22.8 Å². The van der Waals surface area contributed by atoms with Crippen LogP contribution in [0.1, 0.15) is 29.2 Å². The number of thioether (sulfide) groups is 1. The second kappa shape index (κ2) is 7.14. The maximum Gasteiger partial charge on any atom is 0.264 e. The molecular formula is C19H22N4O4S. The highest BCUT2D eigenvalue weighted by Crippen LogP contribution is 2.43. The molecule has 2 fully saturated rings. The van der Waals surface area contributed by atoms with Crippen LogP contribution in [0.2, 0.25) is 0 Å². The lowest BCUT2D eigenvalue weighted by Gasteiger charge is -2.42. The van der Waals surface area contributed by atoms with Crippen molar-refractivity contribution in [3.05, 3.63) is 36.2 Å². The molecule has 8 nitrogen and oxygen atoms in total. The summed E-state index contributed by atoms with van der Waals surface area (Å²) in [6.45, 7) is 2.92. The minimum absolute atomic E-state index is 0.0213. The Bertz CT molecular complexity index is 855. The number of piperidine rings is 1. The maximum absolute atomic E-state index is 13.0. The number of nitrogens with zero attached hydrogens (tertiary/aromatic N) is 4. The predicted molar refractivity (Wildman–Crippen MR) is 101 cm³/mol. The number of likely N-dealkylation sites (tertiary alicyclic amines) is 1. The van der Waals surface area contributed by atoms with Gasteiger partial charge in [-0.05, 0) is 17.7 Å². The fourth-order valence-electron chi connectivity index (χ4n) is 4.25. The monoisotopic (exact) mass is 402 g/mol. The Hall–Kier alpha value is -1.94.